The van der Waals surface area contributed by atoms with Gasteiger partial charge in [-0.2, -0.15) is 5.10 Å². The minimum Gasteiger partial charge on any atom is -0.490 e. The Balaban J connectivity index is 1.28. The number of ether oxygens (including phenoxy) is 2. The number of hydrazone groups is 1. The predicted octanol–water partition coefficient (Wildman–Crippen LogP) is 6.70. The molecule has 2 fully saturated rings. The zero-order chi connectivity index (χ0) is 24.4. The lowest BCUT2D eigenvalue weighted by atomic mass is 9.90. The smallest absolute Gasteiger partial charge is 0.244 e. The Bertz CT molecular complexity index is 1270. The maximum absolute atomic E-state index is 12.7. The quantitative estimate of drug-likeness (QED) is 0.183. The van der Waals surface area contributed by atoms with Gasteiger partial charge in [-0.25, -0.2) is 5.43 Å². The fourth-order valence-electron chi connectivity index (χ4n) is 5.72. The number of halogens is 1. The van der Waals surface area contributed by atoms with Crippen molar-refractivity contribution in [2.24, 2.45) is 22.4 Å². The summed E-state index contributed by atoms with van der Waals surface area (Å²) in [6.45, 7) is 5.18. The van der Waals surface area contributed by atoms with Crippen molar-refractivity contribution >= 4 is 45.5 Å². The highest BCUT2D eigenvalue weighted by Gasteiger charge is 2.64. The number of carbonyl (C=O) groups is 1. The first kappa shape index (κ1) is 24.1. The lowest BCUT2D eigenvalue weighted by Crippen LogP contribution is -2.22. The maximum atomic E-state index is 12.7. The van der Waals surface area contributed by atoms with Crippen LogP contribution in [0.25, 0.3) is 10.8 Å². The molecule has 3 aromatic carbocycles. The monoisotopic (exact) mass is 582 g/mol. The molecule has 5 rings (SSSR count). The number of hydrogen-bond donors (Lipinski definition) is 1. The molecule has 0 heterocycles. The second-order valence-electron chi connectivity index (χ2n) is 9.76. The number of benzene rings is 3. The van der Waals surface area contributed by atoms with Crippen LogP contribution in [0.5, 0.6) is 11.5 Å². The molecule has 0 aliphatic heterocycles. The van der Waals surface area contributed by atoms with Crippen molar-refractivity contribution in [2.75, 3.05) is 6.61 Å². The molecule has 2 aliphatic rings. The van der Waals surface area contributed by atoms with E-state index in [9.17, 15) is 4.79 Å². The summed E-state index contributed by atoms with van der Waals surface area (Å²) in [4.78, 5) is 12.7. The van der Waals surface area contributed by atoms with Gasteiger partial charge in [0.25, 0.3) is 0 Å². The third kappa shape index (κ3) is 4.90. The van der Waals surface area contributed by atoms with Crippen molar-refractivity contribution < 1.29 is 14.3 Å². The van der Waals surface area contributed by atoms with Crippen LogP contribution in [0.1, 0.15) is 50.7 Å². The topological polar surface area (TPSA) is 59.9 Å². The first-order chi connectivity index (χ1) is 17.0. The van der Waals surface area contributed by atoms with Crippen molar-refractivity contribution in [3.8, 4) is 11.5 Å². The summed E-state index contributed by atoms with van der Waals surface area (Å²) in [6.07, 6.45) is 6.46. The SMILES string of the molecule is CCOc1cc(/C=N\NC(=O)[C@@H]2[C@H]3CCCC[C@@]32C)cc(I)c1OCc1cccc2ccccc12. The molecule has 0 unspecified atom stereocenters. The van der Waals surface area contributed by atoms with E-state index < -0.39 is 0 Å². The van der Waals surface area contributed by atoms with E-state index in [0.29, 0.717) is 24.9 Å². The summed E-state index contributed by atoms with van der Waals surface area (Å²) >= 11 is 2.27. The lowest BCUT2D eigenvalue weighted by molar-refractivity contribution is -0.123. The highest BCUT2D eigenvalue weighted by molar-refractivity contribution is 14.1. The standard InChI is InChI=1S/C29H31IN2O3/c1-3-34-25-16-19(17-31-32-28(33)26-23-13-6-7-14-29(23,26)2)15-24(30)27(25)35-18-21-11-8-10-20-9-4-5-12-22(20)21/h4-5,8-12,15-17,23,26H,3,6-7,13-14,18H2,1-2H3,(H,32,33)/b31-17-/t23-,26+,29+/m1/s1. The summed E-state index contributed by atoms with van der Waals surface area (Å²) in [5.41, 5.74) is 4.94. The largest absolute Gasteiger partial charge is 0.490 e. The molecule has 5 nitrogen and oxygen atoms in total. The third-order valence-electron chi connectivity index (χ3n) is 7.59. The van der Waals surface area contributed by atoms with Gasteiger partial charge in [-0.3, -0.25) is 4.79 Å². The van der Waals surface area contributed by atoms with E-state index >= 15 is 0 Å². The molecule has 2 aliphatic carbocycles. The molecule has 3 aromatic rings. The van der Waals surface area contributed by atoms with Crippen LogP contribution in [-0.4, -0.2) is 18.7 Å². The number of amides is 1. The Morgan fingerprint density at radius 2 is 2.00 bits per heavy atom. The van der Waals surface area contributed by atoms with Gasteiger partial charge >= 0.3 is 0 Å². The Morgan fingerprint density at radius 3 is 2.80 bits per heavy atom. The fraction of sp³-hybridized carbons (Fsp3) is 0.379. The highest BCUT2D eigenvalue weighted by atomic mass is 127. The third-order valence-corrected chi connectivity index (χ3v) is 8.39. The van der Waals surface area contributed by atoms with Crippen LogP contribution in [-0.2, 0) is 11.4 Å². The van der Waals surface area contributed by atoms with E-state index in [1.807, 2.05) is 31.2 Å². The fourth-order valence-corrected chi connectivity index (χ4v) is 6.51. The van der Waals surface area contributed by atoms with Gasteiger partial charge in [0.15, 0.2) is 11.5 Å². The van der Waals surface area contributed by atoms with E-state index in [1.54, 1.807) is 6.21 Å². The van der Waals surface area contributed by atoms with Crippen LogP contribution in [0.4, 0.5) is 0 Å². The van der Waals surface area contributed by atoms with Crippen LogP contribution in [0.2, 0.25) is 0 Å². The van der Waals surface area contributed by atoms with Gasteiger partial charge in [-0.05, 0) is 87.7 Å². The summed E-state index contributed by atoms with van der Waals surface area (Å²) in [5, 5.41) is 6.65. The van der Waals surface area contributed by atoms with Crippen molar-refractivity contribution in [1.82, 2.24) is 5.43 Å². The second-order valence-corrected chi connectivity index (χ2v) is 10.9. The van der Waals surface area contributed by atoms with Gasteiger partial charge in [0.05, 0.1) is 16.4 Å². The minimum atomic E-state index is 0.0467. The van der Waals surface area contributed by atoms with E-state index in [2.05, 4.69) is 70.4 Å². The molecule has 182 valence electrons. The minimum absolute atomic E-state index is 0.0467. The van der Waals surface area contributed by atoms with Gasteiger partial charge in [0, 0.05) is 5.92 Å². The number of nitrogens with one attached hydrogen (secondary N) is 1. The Labute approximate surface area is 220 Å². The van der Waals surface area contributed by atoms with Crippen LogP contribution in [0, 0.1) is 20.8 Å². The predicted molar refractivity (Wildman–Crippen MR) is 148 cm³/mol. The number of rotatable bonds is 8. The molecular weight excluding hydrogens is 551 g/mol. The maximum Gasteiger partial charge on any atom is 0.244 e. The second kappa shape index (κ2) is 10.2. The first-order valence-electron chi connectivity index (χ1n) is 12.4. The molecular formula is C29H31IN2O3. The first-order valence-corrected chi connectivity index (χ1v) is 13.5. The van der Waals surface area contributed by atoms with Crippen molar-refractivity contribution in [3.05, 3.63) is 69.3 Å². The number of hydrogen-bond acceptors (Lipinski definition) is 4. The normalized spacial score (nSPS) is 23.2. The van der Waals surface area contributed by atoms with E-state index in [0.717, 1.165) is 33.3 Å². The molecule has 6 heteroatoms. The molecule has 35 heavy (non-hydrogen) atoms. The molecule has 1 amide bonds. The molecule has 1 N–H and O–H groups in total. The van der Waals surface area contributed by atoms with Crippen LogP contribution >= 0.6 is 22.6 Å². The molecule has 2 saturated carbocycles. The van der Waals surface area contributed by atoms with Gasteiger partial charge in [-0.1, -0.05) is 62.2 Å². The molecule has 0 saturated heterocycles. The van der Waals surface area contributed by atoms with Gasteiger partial charge in [0.2, 0.25) is 5.91 Å². The number of carbonyl (C=O) groups excluding carboxylic acids is 1. The van der Waals surface area contributed by atoms with Gasteiger partial charge in [0.1, 0.15) is 6.61 Å². The Morgan fingerprint density at radius 1 is 1.17 bits per heavy atom. The summed E-state index contributed by atoms with van der Waals surface area (Å²) in [7, 11) is 0. The molecule has 0 bridgehead atoms. The number of fused-ring (bicyclic) bond motifs is 2. The van der Waals surface area contributed by atoms with E-state index in [4.69, 9.17) is 9.47 Å². The Hall–Kier alpha value is -2.61. The molecule has 0 aromatic heterocycles. The van der Waals surface area contributed by atoms with Crippen molar-refractivity contribution in [1.29, 1.82) is 0 Å². The van der Waals surface area contributed by atoms with E-state index in [1.165, 1.54) is 23.6 Å². The summed E-state index contributed by atoms with van der Waals surface area (Å²) < 4.78 is 13.1. The zero-order valence-corrected chi connectivity index (χ0v) is 22.4. The molecule has 0 radical (unpaired) electrons. The molecule has 0 spiro atoms. The van der Waals surface area contributed by atoms with Crippen LogP contribution in [0.15, 0.2) is 59.7 Å². The van der Waals surface area contributed by atoms with Crippen LogP contribution < -0.4 is 14.9 Å². The van der Waals surface area contributed by atoms with Crippen LogP contribution in [0.3, 0.4) is 0 Å². The summed E-state index contributed by atoms with van der Waals surface area (Å²) in [5.74, 6) is 2.07. The average molecular weight is 582 g/mol. The zero-order valence-electron chi connectivity index (χ0n) is 20.2. The van der Waals surface area contributed by atoms with Crippen molar-refractivity contribution in [3.63, 3.8) is 0 Å². The molecule has 3 atom stereocenters. The highest BCUT2D eigenvalue weighted by Crippen LogP contribution is 2.66. The van der Waals surface area contributed by atoms with Gasteiger partial charge < -0.3 is 9.47 Å². The average Bonchev–Trinajstić information content (AvgIpc) is 3.49. The van der Waals surface area contributed by atoms with Crippen molar-refractivity contribution in [2.45, 2.75) is 46.1 Å². The number of nitrogens with zero attached hydrogens (tertiary/aromatic N) is 1. The Kier molecular flexibility index (Phi) is 7.00. The van der Waals surface area contributed by atoms with Gasteiger partial charge in [-0.15, -0.1) is 0 Å². The lowest BCUT2D eigenvalue weighted by Gasteiger charge is -2.15. The van der Waals surface area contributed by atoms with E-state index in [-0.39, 0.29) is 17.2 Å². The summed E-state index contributed by atoms with van der Waals surface area (Å²) in [6, 6.07) is 18.5.